The Morgan fingerprint density at radius 2 is 2.00 bits per heavy atom. The molecule has 5 heteroatoms. The average molecular weight is 361 g/mol. The highest BCUT2D eigenvalue weighted by Crippen LogP contribution is 2.12. The maximum atomic E-state index is 12.0. The molecule has 2 rings (SSSR count). The van der Waals surface area contributed by atoms with Gasteiger partial charge in [-0.3, -0.25) is 9.36 Å². The summed E-state index contributed by atoms with van der Waals surface area (Å²) in [6, 6.07) is 9.80. The van der Waals surface area contributed by atoms with Crippen LogP contribution in [-0.4, -0.2) is 9.55 Å². The van der Waals surface area contributed by atoms with Crippen molar-refractivity contribution in [2.24, 2.45) is 0 Å². The van der Waals surface area contributed by atoms with Crippen LogP contribution in [0.25, 0.3) is 0 Å². The van der Waals surface area contributed by atoms with E-state index in [0.29, 0.717) is 15.9 Å². The van der Waals surface area contributed by atoms with Gasteiger partial charge in [0, 0.05) is 0 Å². The zero-order valence-corrected chi connectivity index (χ0v) is 12.1. The smallest absolute Gasteiger partial charge is 0.268 e. The van der Waals surface area contributed by atoms with Crippen molar-refractivity contribution in [2.75, 3.05) is 0 Å². The molecule has 0 atom stereocenters. The van der Waals surface area contributed by atoms with Crippen molar-refractivity contribution in [1.29, 1.82) is 0 Å². The molecule has 0 unspecified atom stereocenters. The Balaban J connectivity index is 2.47. The molecular formula is C12H10ClIN2O. The lowest BCUT2D eigenvalue weighted by atomic mass is 10.2. The summed E-state index contributed by atoms with van der Waals surface area (Å²) in [7, 11) is 0. The lowest BCUT2D eigenvalue weighted by molar-refractivity contribution is 0.695. The number of aromatic nitrogens is 2. The normalized spacial score (nSPS) is 10.5. The highest BCUT2D eigenvalue weighted by molar-refractivity contribution is 14.1. The van der Waals surface area contributed by atoms with E-state index in [9.17, 15) is 4.79 Å². The van der Waals surface area contributed by atoms with Gasteiger partial charge in [0.2, 0.25) is 0 Å². The fourth-order valence-corrected chi connectivity index (χ4v) is 2.17. The quantitative estimate of drug-likeness (QED) is 0.610. The van der Waals surface area contributed by atoms with Crippen LogP contribution in [0.15, 0.2) is 35.1 Å². The maximum absolute atomic E-state index is 12.0. The van der Waals surface area contributed by atoms with Gasteiger partial charge in [0.1, 0.15) is 14.5 Å². The van der Waals surface area contributed by atoms with Crippen molar-refractivity contribution in [2.45, 2.75) is 13.5 Å². The van der Waals surface area contributed by atoms with Gasteiger partial charge < -0.3 is 0 Å². The average Bonchev–Trinajstić information content (AvgIpc) is 2.33. The van der Waals surface area contributed by atoms with Crippen LogP contribution in [0.2, 0.25) is 5.15 Å². The van der Waals surface area contributed by atoms with Crippen LogP contribution in [0.4, 0.5) is 0 Å². The van der Waals surface area contributed by atoms with Crippen LogP contribution >= 0.6 is 34.2 Å². The van der Waals surface area contributed by atoms with Crippen LogP contribution < -0.4 is 5.56 Å². The largest absolute Gasteiger partial charge is 0.291 e. The predicted molar refractivity (Wildman–Crippen MR) is 76.5 cm³/mol. The van der Waals surface area contributed by atoms with Crippen molar-refractivity contribution in [3.63, 3.8) is 0 Å². The zero-order chi connectivity index (χ0) is 12.4. The van der Waals surface area contributed by atoms with Crippen molar-refractivity contribution in [1.82, 2.24) is 9.55 Å². The Morgan fingerprint density at radius 1 is 1.35 bits per heavy atom. The van der Waals surface area contributed by atoms with Gasteiger partial charge in [-0.1, -0.05) is 41.9 Å². The van der Waals surface area contributed by atoms with Crippen molar-refractivity contribution >= 4 is 34.2 Å². The van der Waals surface area contributed by atoms with Gasteiger partial charge in [-0.05, 0) is 35.1 Å². The van der Waals surface area contributed by atoms with E-state index in [0.717, 1.165) is 5.56 Å². The summed E-state index contributed by atoms with van der Waals surface area (Å²) >= 11 is 7.79. The lowest BCUT2D eigenvalue weighted by Crippen LogP contribution is -2.26. The number of halogens is 2. The summed E-state index contributed by atoms with van der Waals surface area (Å²) in [6.45, 7) is 2.30. The van der Waals surface area contributed by atoms with E-state index in [-0.39, 0.29) is 10.7 Å². The SMILES string of the molecule is Cc1nc(Cl)c(I)c(=O)n1Cc1ccccc1. The molecule has 88 valence electrons. The molecule has 0 spiro atoms. The van der Waals surface area contributed by atoms with Crippen LogP contribution in [-0.2, 0) is 6.54 Å². The van der Waals surface area contributed by atoms with E-state index in [2.05, 4.69) is 4.98 Å². The summed E-state index contributed by atoms with van der Waals surface area (Å²) in [4.78, 5) is 16.2. The van der Waals surface area contributed by atoms with Crippen LogP contribution in [0.3, 0.4) is 0 Å². The molecule has 2 aromatic rings. The van der Waals surface area contributed by atoms with E-state index in [1.54, 1.807) is 11.5 Å². The molecule has 3 nitrogen and oxygen atoms in total. The van der Waals surface area contributed by atoms with Gasteiger partial charge in [0.15, 0.2) is 0 Å². The first kappa shape index (κ1) is 12.6. The minimum Gasteiger partial charge on any atom is -0.291 e. The van der Waals surface area contributed by atoms with Crippen LogP contribution in [0, 0.1) is 10.5 Å². The minimum absolute atomic E-state index is 0.0908. The first-order valence-electron chi connectivity index (χ1n) is 5.06. The zero-order valence-electron chi connectivity index (χ0n) is 9.15. The highest BCUT2D eigenvalue weighted by atomic mass is 127. The van der Waals surface area contributed by atoms with Gasteiger partial charge in [0.25, 0.3) is 5.56 Å². The summed E-state index contributed by atoms with van der Waals surface area (Å²) in [5, 5.41) is 0.275. The molecule has 0 saturated heterocycles. The molecule has 0 N–H and O–H groups in total. The lowest BCUT2D eigenvalue weighted by Gasteiger charge is -2.10. The third kappa shape index (κ3) is 2.69. The topological polar surface area (TPSA) is 34.9 Å². The molecule has 1 aromatic carbocycles. The molecule has 0 bridgehead atoms. The van der Waals surface area contributed by atoms with E-state index in [4.69, 9.17) is 11.6 Å². The molecule has 0 radical (unpaired) electrons. The van der Waals surface area contributed by atoms with Gasteiger partial charge in [-0.2, -0.15) is 0 Å². The number of hydrogen-bond acceptors (Lipinski definition) is 2. The fourth-order valence-electron chi connectivity index (χ4n) is 1.56. The molecule has 0 aliphatic heterocycles. The fraction of sp³-hybridized carbons (Fsp3) is 0.167. The standard InChI is InChI=1S/C12H10ClIN2O/c1-8-15-11(13)10(14)12(17)16(8)7-9-5-3-2-4-6-9/h2-6H,7H2,1H3. The Bertz CT molecular complexity index is 595. The van der Waals surface area contributed by atoms with Gasteiger partial charge in [-0.15, -0.1) is 0 Å². The third-order valence-corrected chi connectivity index (χ3v) is 4.01. The summed E-state index contributed by atoms with van der Waals surface area (Å²) < 4.78 is 2.09. The number of hydrogen-bond donors (Lipinski definition) is 0. The van der Waals surface area contributed by atoms with Gasteiger partial charge >= 0.3 is 0 Å². The predicted octanol–water partition coefficient (Wildman–Crippen LogP) is 2.86. The molecule has 1 aromatic heterocycles. The molecule has 17 heavy (non-hydrogen) atoms. The number of nitrogens with zero attached hydrogens (tertiary/aromatic N) is 2. The second-order valence-corrected chi connectivity index (χ2v) is 5.08. The molecule has 0 aliphatic rings. The number of benzene rings is 1. The third-order valence-electron chi connectivity index (χ3n) is 2.45. The maximum Gasteiger partial charge on any atom is 0.268 e. The molecule has 0 amide bonds. The molecule has 0 saturated carbocycles. The number of aryl methyl sites for hydroxylation is 1. The Labute approximate surface area is 118 Å². The van der Waals surface area contributed by atoms with Crippen molar-refractivity contribution in [3.8, 4) is 0 Å². The van der Waals surface area contributed by atoms with Crippen LogP contribution in [0.5, 0.6) is 0 Å². The Kier molecular flexibility index (Phi) is 3.83. The first-order chi connectivity index (χ1) is 8.09. The van der Waals surface area contributed by atoms with E-state index in [1.807, 2.05) is 52.9 Å². The molecule has 0 fully saturated rings. The van der Waals surface area contributed by atoms with Crippen molar-refractivity contribution in [3.05, 3.63) is 60.8 Å². The van der Waals surface area contributed by atoms with Crippen LogP contribution in [0.1, 0.15) is 11.4 Å². The molecular weight excluding hydrogens is 351 g/mol. The molecule has 1 heterocycles. The second-order valence-electron chi connectivity index (χ2n) is 3.64. The van der Waals surface area contributed by atoms with Gasteiger partial charge in [0.05, 0.1) is 6.54 Å². The Hall–Kier alpha value is -0.880. The first-order valence-corrected chi connectivity index (χ1v) is 6.51. The van der Waals surface area contributed by atoms with E-state index < -0.39 is 0 Å². The Morgan fingerprint density at radius 3 is 2.65 bits per heavy atom. The number of rotatable bonds is 2. The highest BCUT2D eigenvalue weighted by Gasteiger charge is 2.10. The van der Waals surface area contributed by atoms with E-state index >= 15 is 0 Å². The molecule has 0 aliphatic carbocycles. The monoisotopic (exact) mass is 360 g/mol. The van der Waals surface area contributed by atoms with Gasteiger partial charge in [-0.25, -0.2) is 4.98 Å². The second kappa shape index (κ2) is 5.18. The minimum atomic E-state index is -0.0908. The summed E-state index contributed by atoms with van der Waals surface area (Å²) in [5.74, 6) is 0.629. The summed E-state index contributed by atoms with van der Waals surface area (Å²) in [6.07, 6.45) is 0. The summed E-state index contributed by atoms with van der Waals surface area (Å²) in [5.41, 5.74) is 0.976. The van der Waals surface area contributed by atoms with E-state index in [1.165, 1.54) is 0 Å². The van der Waals surface area contributed by atoms with Crippen molar-refractivity contribution < 1.29 is 0 Å².